The number of carbonyl (C=O) groups excluding carboxylic acids is 2. The van der Waals surface area contributed by atoms with Gasteiger partial charge in [0.1, 0.15) is 0 Å². The van der Waals surface area contributed by atoms with Gasteiger partial charge in [0.25, 0.3) is 5.91 Å². The van der Waals surface area contributed by atoms with Crippen molar-refractivity contribution < 1.29 is 22.7 Å². The van der Waals surface area contributed by atoms with Crippen molar-refractivity contribution in [1.82, 2.24) is 4.31 Å². The van der Waals surface area contributed by atoms with Crippen LogP contribution >= 0.6 is 0 Å². The van der Waals surface area contributed by atoms with Gasteiger partial charge in [0.15, 0.2) is 6.61 Å². The van der Waals surface area contributed by atoms with Crippen LogP contribution in [0, 0.1) is 5.92 Å². The highest BCUT2D eigenvalue weighted by Crippen LogP contribution is 2.24. The molecule has 2 rings (SSSR count). The second kappa shape index (κ2) is 9.85. The van der Waals surface area contributed by atoms with Gasteiger partial charge >= 0.3 is 5.97 Å². The van der Waals surface area contributed by atoms with Crippen molar-refractivity contribution in [3.63, 3.8) is 0 Å². The number of carbonyl (C=O) groups is 2. The Bertz CT molecular complexity index is 736. The van der Waals surface area contributed by atoms with Crippen molar-refractivity contribution in [3.8, 4) is 0 Å². The largest absolute Gasteiger partial charge is 0.455 e. The summed E-state index contributed by atoms with van der Waals surface area (Å²) in [5.74, 6) is -0.861. The molecular weight excluding hydrogens is 368 g/mol. The van der Waals surface area contributed by atoms with E-state index < -0.39 is 15.9 Å². The smallest absolute Gasteiger partial charge is 0.309 e. The second-order valence-corrected chi connectivity index (χ2v) is 8.54. The summed E-state index contributed by atoms with van der Waals surface area (Å²) in [6, 6.07) is 5.96. The first-order valence-corrected chi connectivity index (χ1v) is 10.9. The minimum Gasteiger partial charge on any atom is -0.455 e. The highest BCUT2D eigenvalue weighted by molar-refractivity contribution is 7.89. The third kappa shape index (κ3) is 5.77. The van der Waals surface area contributed by atoms with Gasteiger partial charge < -0.3 is 10.1 Å². The number of sulfonamides is 1. The average Bonchev–Trinajstić information content (AvgIpc) is 2.68. The van der Waals surface area contributed by atoms with E-state index in [1.165, 1.54) is 28.6 Å². The van der Waals surface area contributed by atoms with Crippen molar-refractivity contribution in [1.29, 1.82) is 0 Å². The molecule has 0 saturated heterocycles. The van der Waals surface area contributed by atoms with Crippen molar-refractivity contribution >= 4 is 27.6 Å². The van der Waals surface area contributed by atoms with Gasteiger partial charge in [0.2, 0.25) is 10.0 Å². The fraction of sp³-hybridized carbons (Fsp3) is 0.579. The standard InChI is InChI=1S/C19H28N2O5S/c1-3-21(4-2)27(24,25)17-12-10-16(11-13-17)20-18(22)14-26-19(23)15-8-6-5-7-9-15/h10-13,15H,3-9,14H2,1-2H3,(H,20,22). The maximum absolute atomic E-state index is 12.4. The molecule has 7 nitrogen and oxygen atoms in total. The van der Waals surface area contributed by atoms with Crippen LogP contribution in [-0.4, -0.2) is 44.3 Å². The van der Waals surface area contributed by atoms with E-state index in [4.69, 9.17) is 4.74 Å². The van der Waals surface area contributed by atoms with Gasteiger partial charge in [-0.15, -0.1) is 0 Å². The van der Waals surface area contributed by atoms with E-state index in [9.17, 15) is 18.0 Å². The Hall–Kier alpha value is -1.93. The van der Waals surface area contributed by atoms with E-state index >= 15 is 0 Å². The number of hydrogen-bond donors (Lipinski definition) is 1. The first-order chi connectivity index (χ1) is 12.9. The maximum Gasteiger partial charge on any atom is 0.309 e. The Morgan fingerprint density at radius 3 is 2.22 bits per heavy atom. The summed E-state index contributed by atoms with van der Waals surface area (Å²) in [5.41, 5.74) is 0.451. The molecule has 150 valence electrons. The number of ether oxygens (including phenoxy) is 1. The zero-order valence-corrected chi connectivity index (χ0v) is 16.8. The molecule has 1 saturated carbocycles. The number of nitrogens with one attached hydrogen (secondary N) is 1. The Morgan fingerprint density at radius 2 is 1.67 bits per heavy atom. The molecule has 1 aliphatic carbocycles. The molecular formula is C19H28N2O5S. The van der Waals surface area contributed by atoms with E-state index in [0.29, 0.717) is 18.8 Å². The third-order valence-corrected chi connectivity index (χ3v) is 6.83. The number of hydrogen-bond acceptors (Lipinski definition) is 5. The van der Waals surface area contributed by atoms with Crippen molar-refractivity contribution in [2.75, 3.05) is 25.0 Å². The summed E-state index contributed by atoms with van der Waals surface area (Å²) in [6.45, 7) is 4.01. The number of nitrogens with zero attached hydrogens (tertiary/aromatic N) is 1. The van der Waals surface area contributed by atoms with Crippen molar-refractivity contribution in [2.45, 2.75) is 50.8 Å². The van der Waals surface area contributed by atoms with Crippen LogP contribution in [0.1, 0.15) is 46.0 Å². The summed E-state index contributed by atoms with van der Waals surface area (Å²) < 4.78 is 31.3. The minimum absolute atomic E-state index is 0.101. The summed E-state index contributed by atoms with van der Waals surface area (Å²) >= 11 is 0. The van der Waals surface area contributed by atoms with Crippen LogP contribution in [0.25, 0.3) is 0 Å². The molecule has 1 N–H and O–H groups in total. The van der Waals surface area contributed by atoms with Gasteiger partial charge in [-0.3, -0.25) is 9.59 Å². The van der Waals surface area contributed by atoms with Crippen molar-refractivity contribution in [3.05, 3.63) is 24.3 Å². The normalized spacial score (nSPS) is 15.5. The van der Waals surface area contributed by atoms with E-state index in [0.717, 1.165) is 32.1 Å². The third-order valence-electron chi connectivity index (χ3n) is 4.77. The van der Waals surface area contributed by atoms with Gasteiger partial charge in [0, 0.05) is 18.8 Å². The van der Waals surface area contributed by atoms with Crippen LogP contribution in [0.4, 0.5) is 5.69 Å². The predicted octanol–water partition coefficient (Wildman–Crippen LogP) is 2.78. The summed E-state index contributed by atoms with van der Waals surface area (Å²) in [7, 11) is -3.53. The minimum atomic E-state index is -3.53. The van der Waals surface area contributed by atoms with E-state index in [1.54, 1.807) is 13.8 Å². The lowest BCUT2D eigenvalue weighted by atomic mass is 9.89. The number of benzene rings is 1. The molecule has 1 fully saturated rings. The zero-order chi connectivity index (χ0) is 19.9. The molecule has 0 aliphatic heterocycles. The molecule has 0 aromatic heterocycles. The van der Waals surface area contributed by atoms with Gasteiger partial charge in [0.05, 0.1) is 10.8 Å². The maximum atomic E-state index is 12.4. The lowest BCUT2D eigenvalue weighted by Gasteiger charge is -2.19. The lowest BCUT2D eigenvalue weighted by molar-refractivity contribution is -0.152. The lowest BCUT2D eigenvalue weighted by Crippen LogP contribution is -2.30. The van der Waals surface area contributed by atoms with Crippen LogP contribution in [0.3, 0.4) is 0 Å². The molecule has 0 radical (unpaired) electrons. The number of esters is 1. The van der Waals surface area contributed by atoms with Crippen LogP contribution in [0.2, 0.25) is 0 Å². The monoisotopic (exact) mass is 396 g/mol. The van der Waals surface area contributed by atoms with Crippen molar-refractivity contribution in [2.24, 2.45) is 5.92 Å². The first kappa shape index (κ1) is 21.4. The molecule has 1 aromatic rings. The zero-order valence-electron chi connectivity index (χ0n) is 15.9. The molecule has 0 bridgehead atoms. The summed E-state index contributed by atoms with van der Waals surface area (Å²) in [6.07, 6.45) is 4.83. The highest BCUT2D eigenvalue weighted by Gasteiger charge is 2.23. The molecule has 8 heteroatoms. The number of rotatable bonds is 8. The van der Waals surface area contributed by atoms with Crippen LogP contribution in [-0.2, 0) is 24.3 Å². The molecule has 0 atom stereocenters. The topological polar surface area (TPSA) is 92.8 Å². The SMILES string of the molecule is CCN(CC)S(=O)(=O)c1ccc(NC(=O)COC(=O)C2CCCCC2)cc1. The molecule has 1 amide bonds. The second-order valence-electron chi connectivity index (χ2n) is 6.60. The Morgan fingerprint density at radius 1 is 1.07 bits per heavy atom. The quantitative estimate of drug-likeness (QED) is 0.682. The summed E-state index contributed by atoms with van der Waals surface area (Å²) in [4.78, 5) is 24.1. The van der Waals surface area contributed by atoms with Gasteiger partial charge in [-0.2, -0.15) is 4.31 Å². The summed E-state index contributed by atoms with van der Waals surface area (Å²) in [5, 5.41) is 2.61. The molecule has 1 aliphatic rings. The number of amides is 1. The van der Waals surface area contributed by atoms with Crippen LogP contribution in [0.5, 0.6) is 0 Å². The van der Waals surface area contributed by atoms with Gasteiger partial charge in [-0.05, 0) is 37.1 Å². The highest BCUT2D eigenvalue weighted by atomic mass is 32.2. The Kier molecular flexibility index (Phi) is 7.79. The van der Waals surface area contributed by atoms with Gasteiger partial charge in [-0.1, -0.05) is 33.1 Å². The Balaban J connectivity index is 1.88. The fourth-order valence-corrected chi connectivity index (χ4v) is 4.67. The van der Waals surface area contributed by atoms with E-state index in [-0.39, 0.29) is 23.4 Å². The fourth-order valence-electron chi connectivity index (χ4n) is 3.21. The van der Waals surface area contributed by atoms with E-state index in [1.807, 2.05) is 0 Å². The van der Waals surface area contributed by atoms with Crippen LogP contribution in [0.15, 0.2) is 29.2 Å². The Labute approximate surface area is 161 Å². The average molecular weight is 397 g/mol. The number of anilines is 1. The molecule has 0 unspecified atom stereocenters. The molecule has 1 aromatic carbocycles. The first-order valence-electron chi connectivity index (χ1n) is 9.45. The predicted molar refractivity (Wildman–Crippen MR) is 103 cm³/mol. The molecule has 0 heterocycles. The van der Waals surface area contributed by atoms with Gasteiger partial charge in [-0.25, -0.2) is 8.42 Å². The van der Waals surface area contributed by atoms with E-state index in [2.05, 4.69) is 5.32 Å². The van der Waals surface area contributed by atoms with Crippen LogP contribution < -0.4 is 5.32 Å². The molecule has 27 heavy (non-hydrogen) atoms. The molecule has 0 spiro atoms.